The maximum Gasteiger partial charge on any atom is 0.194 e. The molecule has 1 atom stereocenters. The van der Waals surface area contributed by atoms with Crippen LogP contribution in [-0.2, 0) is 17.9 Å². The van der Waals surface area contributed by atoms with Crippen LogP contribution < -0.4 is 5.32 Å². The topological polar surface area (TPSA) is 36.9 Å². The van der Waals surface area contributed by atoms with Gasteiger partial charge in [0.1, 0.15) is 0 Å². The molecule has 1 saturated heterocycles. The Labute approximate surface area is 167 Å². The van der Waals surface area contributed by atoms with Crippen molar-refractivity contribution >= 4 is 41.7 Å². The van der Waals surface area contributed by atoms with Crippen molar-refractivity contribution in [1.82, 2.24) is 10.2 Å². The lowest BCUT2D eigenvalue weighted by molar-refractivity contribution is 0.185. The van der Waals surface area contributed by atoms with Gasteiger partial charge in [-0.1, -0.05) is 31.2 Å². The summed E-state index contributed by atoms with van der Waals surface area (Å²) in [6.07, 6.45) is 1.22. The minimum atomic E-state index is 0. The first kappa shape index (κ1) is 21.6. The van der Waals surface area contributed by atoms with Crippen molar-refractivity contribution in [2.24, 2.45) is 4.99 Å². The van der Waals surface area contributed by atoms with Crippen LogP contribution in [0.5, 0.6) is 0 Å². The van der Waals surface area contributed by atoms with Crippen molar-refractivity contribution in [1.29, 1.82) is 0 Å². The highest BCUT2D eigenvalue weighted by atomic mass is 127. The number of nitrogens with one attached hydrogen (secondary N) is 1. The first-order valence-electron chi connectivity index (χ1n) is 8.48. The van der Waals surface area contributed by atoms with E-state index in [1.165, 1.54) is 23.3 Å². The molecule has 0 aliphatic carbocycles. The van der Waals surface area contributed by atoms with Gasteiger partial charge in [-0.3, -0.25) is 0 Å². The highest BCUT2D eigenvalue weighted by Gasteiger charge is 2.21. The zero-order valence-corrected chi connectivity index (χ0v) is 18.1. The number of nitrogens with zero attached hydrogens (tertiary/aromatic N) is 2. The molecule has 0 radical (unpaired) electrons. The summed E-state index contributed by atoms with van der Waals surface area (Å²) < 4.78 is 5.21. The Balaban J connectivity index is 0.00000288. The van der Waals surface area contributed by atoms with Gasteiger partial charge in [0.2, 0.25) is 0 Å². The lowest BCUT2D eigenvalue weighted by Crippen LogP contribution is -2.48. The predicted octanol–water partition coefficient (Wildman–Crippen LogP) is 3.74. The normalized spacial score (nSPS) is 18.2. The Kier molecular flexibility index (Phi) is 10.8. The summed E-state index contributed by atoms with van der Waals surface area (Å²) >= 11 is 2.09. The van der Waals surface area contributed by atoms with Gasteiger partial charge >= 0.3 is 0 Å². The first-order chi connectivity index (χ1) is 11.3. The number of halogens is 1. The summed E-state index contributed by atoms with van der Waals surface area (Å²) in [5.74, 6) is 2.23. The van der Waals surface area contributed by atoms with Gasteiger partial charge in [0.25, 0.3) is 0 Å². The summed E-state index contributed by atoms with van der Waals surface area (Å²) in [4.78, 5) is 7.27. The highest BCUT2D eigenvalue weighted by molar-refractivity contribution is 14.0. The van der Waals surface area contributed by atoms with E-state index in [0.29, 0.717) is 13.2 Å². The monoisotopic (exact) mass is 463 g/mol. The molecule has 0 amide bonds. The van der Waals surface area contributed by atoms with E-state index in [2.05, 4.69) is 60.1 Å². The number of benzene rings is 1. The quantitative estimate of drug-likeness (QED) is 0.396. The number of rotatable bonds is 6. The van der Waals surface area contributed by atoms with Crippen molar-refractivity contribution in [2.45, 2.75) is 38.7 Å². The average Bonchev–Trinajstić information content (AvgIpc) is 2.59. The summed E-state index contributed by atoms with van der Waals surface area (Å²) in [7, 11) is 1.73. The van der Waals surface area contributed by atoms with E-state index < -0.39 is 0 Å². The summed E-state index contributed by atoms with van der Waals surface area (Å²) in [6, 6.07) is 8.48. The van der Waals surface area contributed by atoms with E-state index in [0.717, 1.165) is 30.8 Å². The molecule has 1 N–H and O–H groups in total. The van der Waals surface area contributed by atoms with E-state index in [1.807, 2.05) is 0 Å². The second-order valence-corrected chi connectivity index (χ2v) is 7.18. The molecule has 0 bridgehead atoms. The predicted molar refractivity (Wildman–Crippen MR) is 115 cm³/mol. The third-order valence-electron chi connectivity index (χ3n) is 3.94. The molecule has 1 aliphatic heterocycles. The van der Waals surface area contributed by atoms with Crippen LogP contribution >= 0.6 is 35.7 Å². The van der Waals surface area contributed by atoms with E-state index in [9.17, 15) is 0 Å². The van der Waals surface area contributed by atoms with Crippen LogP contribution in [0.3, 0.4) is 0 Å². The van der Waals surface area contributed by atoms with Crippen LogP contribution in [0.15, 0.2) is 29.3 Å². The molecule has 2 rings (SSSR count). The maximum atomic E-state index is 5.21. The van der Waals surface area contributed by atoms with Gasteiger partial charge in [0, 0.05) is 37.7 Å². The second kappa shape index (κ2) is 12.0. The molecule has 0 aromatic heterocycles. The fourth-order valence-corrected chi connectivity index (χ4v) is 3.92. The lowest BCUT2D eigenvalue weighted by Gasteiger charge is -2.34. The van der Waals surface area contributed by atoms with Crippen molar-refractivity contribution < 1.29 is 4.74 Å². The van der Waals surface area contributed by atoms with Crippen LogP contribution in [0.2, 0.25) is 0 Å². The second-order valence-electron chi connectivity index (χ2n) is 5.77. The van der Waals surface area contributed by atoms with Crippen LogP contribution in [0.4, 0.5) is 0 Å². The van der Waals surface area contributed by atoms with Crippen LogP contribution in [0, 0.1) is 0 Å². The number of aliphatic imine (C=N–C) groups is 1. The fourth-order valence-electron chi connectivity index (χ4n) is 2.74. The van der Waals surface area contributed by atoms with Crippen LogP contribution in [0.1, 0.15) is 31.4 Å². The van der Waals surface area contributed by atoms with E-state index in [1.54, 1.807) is 7.11 Å². The van der Waals surface area contributed by atoms with Gasteiger partial charge in [0.15, 0.2) is 5.96 Å². The Morgan fingerprint density at radius 3 is 2.88 bits per heavy atom. The molecule has 6 heteroatoms. The smallest absolute Gasteiger partial charge is 0.194 e. The summed E-state index contributed by atoms with van der Waals surface area (Å²) in [5.41, 5.74) is 2.43. The van der Waals surface area contributed by atoms with Crippen LogP contribution in [0.25, 0.3) is 0 Å². The van der Waals surface area contributed by atoms with Gasteiger partial charge < -0.3 is 15.0 Å². The molecule has 1 fully saturated rings. The number of hydrogen-bond donors (Lipinski definition) is 1. The van der Waals surface area contributed by atoms with Crippen LogP contribution in [-0.4, -0.2) is 48.6 Å². The van der Waals surface area contributed by atoms with E-state index >= 15 is 0 Å². The Morgan fingerprint density at radius 2 is 2.17 bits per heavy atom. The molecule has 0 spiro atoms. The van der Waals surface area contributed by atoms with E-state index in [4.69, 9.17) is 9.73 Å². The molecule has 1 heterocycles. The Morgan fingerprint density at radius 1 is 1.38 bits per heavy atom. The standard InChI is InChI=1S/C18H29N3OS.HI/c1-4-17-13-21(9-10-23-17)18(19-5-2)20-12-15-7-6-8-16(11-15)14-22-3;/h6-8,11,17H,4-5,9-10,12-14H2,1-3H3,(H,19,20);1H. The molecular formula is C18H30IN3OS. The number of hydrogen-bond acceptors (Lipinski definition) is 3. The largest absolute Gasteiger partial charge is 0.380 e. The SMILES string of the molecule is CCNC(=NCc1cccc(COC)c1)N1CCSC(CC)C1.I. The van der Waals surface area contributed by atoms with E-state index in [-0.39, 0.29) is 24.0 Å². The molecule has 4 nitrogen and oxygen atoms in total. The van der Waals surface area contributed by atoms with Crippen molar-refractivity contribution in [3.05, 3.63) is 35.4 Å². The van der Waals surface area contributed by atoms with Crippen molar-refractivity contribution in [2.75, 3.05) is 32.5 Å². The third-order valence-corrected chi connectivity index (χ3v) is 5.31. The number of ether oxygens (including phenoxy) is 1. The van der Waals surface area contributed by atoms with Gasteiger partial charge in [-0.05, 0) is 24.5 Å². The molecule has 1 unspecified atom stereocenters. The number of methoxy groups -OCH3 is 1. The maximum absolute atomic E-state index is 5.21. The molecule has 1 aliphatic rings. The van der Waals surface area contributed by atoms with Crippen molar-refractivity contribution in [3.63, 3.8) is 0 Å². The molecular weight excluding hydrogens is 433 g/mol. The number of thioether (sulfide) groups is 1. The highest BCUT2D eigenvalue weighted by Crippen LogP contribution is 2.21. The van der Waals surface area contributed by atoms with Crippen molar-refractivity contribution in [3.8, 4) is 0 Å². The van der Waals surface area contributed by atoms with Gasteiger partial charge in [0.05, 0.1) is 13.2 Å². The molecule has 1 aromatic carbocycles. The van der Waals surface area contributed by atoms with Gasteiger partial charge in [-0.15, -0.1) is 24.0 Å². The zero-order valence-electron chi connectivity index (χ0n) is 15.0. The average molecular weight is 463 g/mol. The van der Waals surface area contributed by atoms with Gasteiger partial charge in [-0.25, -0.2) is 4.99 Å². The number of guanidine groups is 1. The minimum absolute atomic E-state index is 0. The molecule has 1 aromatic rings. The Bertz CT molecular complexity index is 513. The minimum Gasteiger partial charge on any atom is -0.380 e. The third kappa shape index (κ3) is 6.80. The molecule has 136 valence electrons. The summed E-state index contributed by atoms with van der Waals surface area (Å²) in [5, 5.41) is 4.17. The lowest BCUT2D eigenvalue weighted by atomic mass is 10.1. The first-order valence-corrected chi connectivity index (χ1v) is 9.53. The Hall–Kier alpha value is -0.470. The summed E-state index contributed by atoms with van der Waals surface area (Å²) in [6.45, 7) is 8.84. The zero-order chi connectivity index (χ0) is 16.5. The fraction of sp³-hybridized carbons (Fsp3) is 0.611. The van der Waals surface area contributed by atoms with Gasteiger partial charge in [-0.2, -0.15) is 11.8 Å². The molecule has 0 saturated carbocycles. The molecule has 24 heavy (non-hydrogen) atoms.